The first-order valence-corrected chi connectivity index (χ1v) is 6.89. The Morgan fingerprint density at radius 3 is 2.64 bits per heavy atom. The number of amides is 1. The van der Waals surface area contributed by atoms with Crippen LogP contribution >= 0.6 is 0 Å². The van der Waals surface area contributed by atoms with Crippen molar-refractivity contribution in [2.75, 3.05) is 0 Å². The molecular weight excluding hydrogens is 286 g/mol. The van der Waals surface area contributed by atoms with Gasteiger partial charge in [-0.2, -0.15) is 0 Å². The monoisotopic (exact) mass is 303 g/mol. The van der Waals surface area contributed by atoms with E-state index in [2.05, 4.69) is 5.32 Å². The summed E-state index contributed by atoms with van der Waals surface area (Å²) in [6.45, 7) is 1.84. The largest absolute Gasteiger partial charge is 0.489 e. The molecule has 2 aromatic rings. The topological polar surface area (TPSA) is 88.8 Å². The highest BCUT2D eigenvalue weighted by atomic mass is 16.5. The lowest BCUT2D eigenvalue weighted by molar-refractivity contribution is -0.139. The van der Waals surface area contributed by atoms with Crippen molar-refractivity contribution >= 4 is 11.9 Å². The number of aliphatic carboxylic acids is 1. The van der Waals surface area contributed by atoms with Crippen molar-refractivity contribution in [3.05, 3.63) is 54.0 Å². The highest BCUT2D eigenvalue weighted by Crippen LogP contribution is 2.16. The maximum Gasteiger partial charge on any atom is 0.326 e. The van der Waals surface area contributed by atoms with Crippen LogP contribution in [0.5, 0.6) is 5.75 Å². The van der Waals surface area contributed by atoms with Crippen LogP contribution in [0.15, 0.2) is 47.1 Å². The van der Waals surface area contributed by atoms with Crippen LogP contribution in [0.2, 0.25) is 0 Å². The zero-order chi connectivity index (χ0) is 15.9. The van der Waals surface area contributed by atoms with Crippen molar-refractivity contribution in [1.82, 2.24) is 5.32 Å². The highest BCUT2D eigenvalue weighted by Gasteiger charge is 2.22. The van der Waals surface area contributed by atoms with Gasteiger partial charge in [-0.25, -0.2) is 4.79 Å². The number of para-hydroxylation sites is 1. The van der Waals surface area contributed by atoms with E-state index in [9.17, 15) is 9.59 Å². The second-order valence-electron chi connectivity index (χ2n) is 4.65. The zero-order valence-electron chi connectivity index (χ0n) is 12.1. The van der Waals surface area contributed by atoms with Gasteiger partial charge < -0.3 is 19.6 Å². The van der Waals surface area contributed by atoms with Crippen molar-refractivity contribution in [2.45, 2.75) is 26.0 Å². The average Bonchev–Trinajstić information content (AvgIpc) is 2.99. The number of carboxylic acid groups (broad SMARTS) is 1. The standard InChI is InChI=1S/C16H17NO5/c1-2-13(16(19)20)17-15(18)14-11(8-9-21-14)10-22-12-6-4-3-5-7-12/h3-9,13H,2,10H2,1H3,(H,17,18)(H,19,20). The highest BCUT2D eigenvalue weighted by molar-refractivity contribution is 5.95. The number of carbonyl (C=O) groups excluding carboxylic acids is 1. The van der Waals surface area contributed by atoms with Gasteiger partial charge in [-0.15, -0.1) is 0 Å². The fraction of sp³-hybridized carbons (Fsp3) is 0.250. The van der Waals surface area contributed by atoms with Crippen LogP contribution < -0.4 is 10.1 Å². The van der Waals surface area contributed by atoms with Crippen molar-refractivity contribution in [2.24, 2.45) is 0 Å². The molecule has 0 bridgehead atoms. The molecule has 0 saturated heterocycles. The smallest absolute Gasteiger partial charge is 0.326 e. The fourth-order valence-electron chi connectivity index (χ4n) is 1.89. The van der Waals surface area contributed by atoms with Crippen molar-refractivity contribution in [3.63, 3.8) is 0 Å². The average molecular weight is 303 g/mol. The first kappa shape index (κ1) is 15.6. The number of ether oxygens (including phenoxy) is 1. The Bertz CT molecular complexity index is 635. The van der Waals surface area contributed by atoms with Gasteiger partial charge in [-0.3, -0.25) is 4.79 Å². The Balaban J connectivity index is 2.02. The van der Waals surface area contributed by atoms with E-state index in [-0.39, 0.29) is 18.8 Å². The predicted octanol–water partition coefficient (Wildman–Crippen LogP) is 2.45. The minimum Gasteiger partial charge on any atom is -0.489 e. The normalized spacial score (nSPS) is 11.7. The molecule has 0 saturated carbocycles. The summed E-state index contributed by atoms with van der Waals surface area (Å²) in [6, 6.07) is 9.85. The maximum absolute atomic E-state index is 12.1. The van der Waals surface area contributed by atoms with Gasteiger partial charge in [0.15, 0.2) is 5.76 Å². The molecular formula is C16H17NO5. The lowest BCUT2D eigenvalue weighted by atomic mass is 10.2. The summed E-state index contributed by atoms with van der Waals surface area (Å²) in [7, 11) is 0. The summed E-state index contributed by atoms with van der Waals surface area (Å²) >= 11 is 0. The van der Waals surface area contributed by atoms with E-state index < -0.39 is 17.9 Å². The minimum atomic E-state index is -1.08. The van der Waals surface area contributed by atoms with Crippen LogP contribution in [-0.2, 0) is 11.4 Å². The van der Waals surface area contributed by atoms with Gasteiger partial charge in [0.05, 0.1) is 6.26 Å². The lowest BCUT2D eigenvalue weighted by Gasteiger charge is -2.12. The summed E-state index contributed by atoms with van der Waals surface area (Å²) in [5.74, 6) is -0.905. The molecule has 6 nitrogen and oxygen atoms in total. The number of carboxylic acids is 1. The number of hydrogen-bond acceptors (Lipinski definition) is 4. The number of furan rings is 1. The van der Waals surface area contributed by atoms with Gasteiger partial charge in [0.1, 0.15) is 18.4 Å². The summed E-state index contributed by atoms with van der Waals surface area (Å²) in [4.78, 5) is 23.0. The van der Waals surface area contributed by atoms with E-state index in [1.54, 1.807) is 25.1 Å². The molecule has 1 aromatic carbocycles. The SMILES string of the molecule is CCC(NC(=O)c1occc1COc1ccccc1)C(=O)O. The van der Waals surface area contributed by atoms with Crippen LogP contribution in [0.25, 0.3) is 0 Å². The Morgan fingerprint density at radius 1 is 1.27 bits per heavy atom. The Kier molecular flexibility index (Phi) is 5.19. The van der Waals surface area contributed by atoms with Crippen molar-refractivity contribution < 1.29 is 23.8 Å². The molecule has 0 aliphatic heterocycles. The molecule has 0 aliphatic rings. The Morgan fingerprint density at radius 2 is 2.00 bits per heavy atom. The molecule has 6 heteroatoms. The molecule has 1 amide bonds. The van der Waals surface area contributed by atoms with E-state index in [1.807, 2.05) is 18.2 Å². The van der Waals surface area contributed by atoms with Crippen LogP contribution in [0.3, 0.4) is 0 Å². The molecule has 2 rings (SSSR count). The van der Waals surface area contributed by atoms with E-state index in [0.29, 0.717) is 11.3 Å². The summed E-state index contributed by atoms with van der Waals surface area (Å²) < 4.78 is 10.7. The van der Waals surface area contributed by atoms with Gasteiger partial charge in [-0.05, 0) is 24.6 Å². The van der Waals surface area contributed by atoms with Crippen LogP contribution in [-0.4, -0.2) is 23.0 Å². The number of rotatable bonds is 7. The van der Waals surface area contributed by atoms with Crippen molar-refractivity contribution in [3.8, 4) is 5.75 Å². The quantitative estimate of drug-likeness (QED) is 0.820. The minimum absolute atomic E-state index is 0.0654. The van der Waals surface area contributed by atoms with Crippen molar-refractivity contribution in [1.29, 1.82) is 0 Å². The first-order chi connectivity index (χ1) is 10.6. The lowest BCUT2D eigenvalue weighted by Crippen LogP contribution is -2.40. The van der Waals surface area contributed by atoms with E-state index in [0.717, 1.165) is 0 Å². The molecule has 0 fully saturated rings. The molecule has 116 valence electrons. The second-order valence-corrected chi connectivity index (χ2v) is 4.65. The maximum atomic E-state index is 12.1. The summed E-state index contributed by atoms with van der Waals surface area (Å²) in [6.07, 6.45) is 1.66. The third-order valence-corrected chi connectivity index (χ3v) is 3.10. The molecule has 1 atom stereocenters. The van der Waals surface area contributed by atoms with Crippen LogP contribution in [0.4, 0.5) is 0 Å². The number of hydrogen-bond donors (Lipinski definition) is 2. The van der Waals surface area contributed by atoms with E-state index >= 15 is 0 Å². The Labute approximate surface area is 127 Å². The molecule has 2 N–H and O–H groups in total. The van der Waals surface area contributed by atoms with Crippen LogP contribution in [0.1, 0.15) is 29.5 Å². The van der Waals surface area contributed by atoms with E-state index in [4.69, 9.17) is 14.3 Å². The summed E-state index contributed by atoms with van der Waals surface area (Å²) in [5, 5.41) is 11.4. The van der Waals surface area contributed by atoms with Gasteiger partial charge in [0, 0.05) is 5.56 Å². The van der Waals surface area contributed by atoms with Gasteiger partial charge in [-0.1, -0.05) is 25.1 Å². The fourth-order valence-corrected chi connectivity index (χ4v) is 1.89. The molecule has 0 aliphatic carbocycles. The van der Waals surface area contributed by atoms with E-state index in [1.165, 1.54) is 6.26 Å². The number of carbonyl (C=O) groups is 2. The molecule has 1 aromatic heterocycles. The van der Waals surface area contributed by atoms with Gasteiger partial charge in [0.25, 0.3) is 5.91 Å². The number of nitrogens with one attached hydrogen (secondary N) is 1. The second kappa shape index (κ2) is 7.31. The van der Waals surface area contributed by atoms with Gasteiger partial charge in [0.2, 0.25) is 0 Å². The Hall–Kier alpha value is -2.76. The molecule has 22 heavy (non-hydrogen) atoms. The number of benzene rings is 1. The molecule has 1 heterocycles. The molecule has 1 unspecified atom stereocenters. The zero-order valence-corrected chi connectivity index (χ0v) is 12.1. The predicted molar refractivity (Wildman–Crippen MR) is 78.7 cm³/mol. The summed E-state index contributed by atoms with van der Waals surface area (Å²) in [5.41, 5.74) is 0.557. The molecule has 0 spiro atoms. The van der Waals surface area contributed by atoms with Crippen LogP contribution in [0, 0.1) is 0 Å². The molecule has 0 radical (unpaired) electrons. The third kappa shape index (κ3) is 3.88. The third-order valence-electron chi connectivity index (χ3n) is 3.10. The first-order valence-electron chi connectivity index (χ1n) is 6.89. The van der Waals surface area contributed by atoms with Gasteiger partial charge >= 0.3 is 5.97 Å².